The Hall–Kier alpha value is -3.08. The molecule has 0 spiro atoms. The van der Waals surface area contributed by atoms with Crippen LogP contribution in [0.2, 0.25) is 0 Å². The lowest BCUT2D eigenvalue weighted by atomic mass is 10.1. The Kier molecular flexibility index (Phi) is 53.8. The Bertz CT molecular complexity index is 1520. The molecule has 0 rings (SSSR count). The van der Waals surface area contributed by atoms with E-state index in [1.807, 2.05) is 0 Å². The summed E-state index contributed by atoms with van der Waals surface area (Å²) in [5, 5.41) is 9.81. The number of aliphatic hydroxyl groups excluding tert-OH is 1. The molecular formula is C62H109O11P. The highest BCUT2D eigenvalue weighted by atomic mass is 31.2. The van der Waals surface area contributed by atoms with E-state index in [0.29, 0.717) is 19.3 Å². The second-order valence-corrected chi connectivity index (χ2v) is 21.2. The molecule has 0 bridgehead atoms. The summed E-state index contributed by atoms with van der Waals surface area (Å²) in [7, 11) is -4.76. The Balaban J connectivity index is 4.76. The van der Waals surface area contributed by atoms with E-state index in [-0.39, 0.29) is 25.9 Å². The van der Waals surface area contributed by atoms with Gasteiger partial charge in [0.05, 0.1) is 19.8 Å². The van der Waals surface area contributed by atoms with Crippen LogP contribution < -0.4 is 0 Å². The van der Waals surface area contributed by atoms with Gasteiger partial charge in [0.2, 0.25) is 0 Å². The highest BCUT2D eigenvalue weighted by Crippen LogP contribution is 2.43. The quantitative estimate of drug-likeness (QED) is 0.0197. The fourth-order valence-corrected chi connectivity index (χ4v) is 8.83. The number of phosphoric ester groups is 1. The average Bonchev–Trinajstić information content (AvgIpc) is 3.39. The summed E-state index contributed by atoms with van der Waals surface area (Å²) >= 11 is 0. The molecule has 3 atom stereocenters. The molecule has 0 aliphatic rings. The SMILES string of the molecule is CC/C=C\C/C=C\C/C=C\CCCCCC(=O)OC(CO)COP(=O)(O)OCC(COC(=O)CCCCCCCCC/C=C\C/C=C\CCCCC)OC(=O)CCCCCCCCC/C=C\CCCCCCCC. The standard InChI is InChI=1S/C62H109O11P/c1-4-7-10-13-16-19-22-25-27-29-31-34-36-39-42-45-48-51-60(64)69-55-59(73-62(66)53-50-47-44-41-38-35-32-30-28-26-23-20-17-14-11-8-5-2)57-71-74(67,68)70-56-58(54-63)72-61(65)52-49-46-43-40-37-33-24-21-18-15-12-9-6-3/h9,12,16,18-19,21,25-28,33,37,58-59,63H,4-8,10-11,13-15,17,20,22-24,29-32,34-36,38-57H2,1-3H3,(H,67,68)/b12-9-,19-16-,21-18-,27-25-,28-26-,37-33-. The minimum Gasteiger partial charge on any atom is -0.462 e. The van der Waals surface area contributed by atoms with Crippen molar-refractivity contribution < 1.29 is 52.2 Å². The summed E-state index contributed by atoms with van der Waals surface area (Å²) in [6, 6.07) is 0. The first-order valence-electron chi connectivity index (χ1n) is 29.8. The molecule has 0 aliphatic heterocycles. The molecular weight excluding hydrogens is 952 g/mol. The van der Waals surface area contributed by atoms with Crippen molar-refractivity contribution in [1.82, 2.24) is 0 Å². The lowest BCUT2D eigenvalue weighted by Gasteiger charge is -2.21. The average molecular weight is 1060 g/mol. The van der Waals surface area contributed by atoms with Gasteiger partial charge in [-0.25, -0.2) is 4.57 Å². The molecule has 11 nitrogen and oxygen atoms in total. The number of esters is 3. The van der Waals surface area contributed by atoms with E-state index in [2.05, 4.69) is 93.7 Å². The van der Waals surface area contributed by atoms with Crippen molar-refractivity contribution in [2.75, 3.05) is 26.4 Å². The van der Waals surface area contributed by atoms with Crippen molar-refractivity contribution in [1.29, 1.82) is 0 Å². The van der Waals surface area contributed by atoms with Crippen molar-refractivity contribution in [2.24, 2.45) is 0 Å². The highest BCUT2D eigenvalue weighted by Gasteiger charge is 2.28. The van der Waals surface area contributed by atoms with Crippen LogP contribution in [0.15, 0.2) is 72.9 Å². The van der Waals surface area contributed by atoms with Gasteiger partial charge in [0.1, 0.15) is 12.7 Å². The molecule has 428 valence electrons. The maximum Gasteiger partial charge on any atom is 0.472 e. The van der Waals surface area contributed by atoms with Gasteiger partial charge in [-0.2, -0.15) is 0 Å². The fourth-order valence-electron chi connectivity index (χ4n) is 8.04. The summed E-state index contributed by atoms with van der Waals surface area (Å²) in [5.74, 6) is -1.50. The van der Waals surface area contributed by atoms with Crippen LogP contribution in [-0.4, -0.2) is 66.5 Å². The van der Waals surface area contributed by atoms with Crippen molar-refractivity contribution in [2.45, 2.75) is 277 Å². The third-order valence-corrected chi connectivity index (χ3v) is 13.5. The first kappa shape index (κ1) is 70.9. The van der Waals surface area contributed by atoms with Crippen molar-refractivity contribution in [3.63, 3.8) is 0 Å². The number of allylic oxidation sites excluding steroid dienone is 12. The van der Waals surface area contributed by atoms with Gasteiger partial charge in [-0.05, 0) is 109 Å². The smallest absolute Gasteiger partial charge is 0.462 e. The summed E-state index contributed by atoms with van der Waals surface area (Å²) in [6.07, 6.45) is 62.9. The largest absolute Gasteiger partial charge is 0.472 e. The van der Waals surface area contributed by atoms with Crippen LogP contribution in [0.25, 0.3) is 0 Å². The molecule has 0 aromatic carbocycles. The lowest BCUT2D eigenvalue weighted by molar-refractivity contribution is -0.161. The molecule has 0 aliphatic carbocycles. The lowest BCUT2D eigenvalue weighted by Crippen LogP contribution is -2.30. The Morgan fingerprint density at radius 1 is 0.392 bits per heavy atom. The predicted molar refractivity (Wildman–Crippen MR) is 307 cm³/mol. The topological polar surface area (TPSA) is 155 Å². The van der Waals surface area contributed by atoms with Gasteiger partial charge in [0, 0.05) is 19.3 Å². The molecule has 0 aromatic rings. The number of hydrogen-bond donors (Lipinski definition) is 2. The summed E-state index contributed by atoms with van der Waals surface area (Å²) in [4.78, 5) is 48.6. The molecule has 12 heteroatoms. The Morgan fingerprint density at radius 2 is 0.703 bits per heavy atom. The predicted octanol–water partition coefficient (Wildman–Crippen LogP) is 17.7. The molecule has 0 amide bonds. The van der Waals surface area contributed by atoms with Gasteiger partial charge < -0.3 is 24.2 Å². The number of unbranched alkanes of at least 4 members (excludes halogenated alkanes) is 26. The van der Waals surface area contributed by atoms with Crippen LogP contribution in [0.1, 0.15) is 265 Å². The maximum absolute atomic E-state index is 12.9. The van der Waals surface area contributed by atoms with Gasteiger partial charge in [0.15, 0.2) is 6.10 Å². The molecule has 0 aromatic heterocycles. The molecule has 2 N–H and O–H groups in total. The van der Waals surface area contributed by atoms with E-state index in [9.17, 15) is 28.9 Å². The zero-order valence-corrected chi connectivity index (χ0v) is 48.2. The van der Waals surface area contributed by atoms with E-state index in [4.69, 9.17) is 23.3 Å². The van der Waals surface area contributed by atoms with Crippen LogP contribution in [0, 0.1) is 0 Å². The summed E-state index contributed by atoms with van der Waals surface area (Å²) in [6.45, 7) is 4.47. The monoisotopic (exact) mass is 1060 g/mol. The van der Waals surface area contributed by atoms with Crippen molar-refractivity contribution in [3.8, 4) is 0 Å². The van der Waals surface area contributed by atoms with Gasteiger partial charge >= 0.3 is 25.7 Å². The minimum absolute atomic E-state index is 0.140. The second-order valence-electron chi connectivity index (χ2n) is 19.8. The van der Waals surface area contributed by atoms with Gasteiger partial charge in [0.25, 0.3) is 0 Å². The Labute approximate surface area is 452 Å². The van der Waals surface area contributed by atoms with Crippen LogP contribution in [-0.2, 0) is 42.2 Å². The number of ether oxygens (including phenoxy) is 3. The number of phosphoric acid groups is 1. The van der Waals surface area contributed by atoms with Crippen LogP contribution in [0.4, 0.5) is 0 Å². The van der Waals surface area contributed by atoms with E-state index in [1.165, 1.54) is 103 Å². The first-order valence-corrected chi connectivity index (χ1v) is 31.3. The van der Waals surface area contributed by atoms with Crippen molar-refractivity contribution >= 4 is 25.7 Å². The van der Waals surface area contributed by atoms with Crippen LogP contribution >= 0.6 is 7.82 Å². The highest BCUT2D eigenvalue weighted by molar-refractivity contribution is 7.47. The molecule has 0 radical (unpaired) electrons. The molecule has 0 saturated heterocycles. The third-order valence-electron chi connectivity index (χ3n) is 12.6. The molecule has 3 unspecified atom stereocenters. The summed E-state index contributed by atoms with van der Waals surface area (Å²) in [5.41, 5.74) is 0. The zero-order valence-electron chi connectivity index (χ0n) is 47.3. The zero-order chi connectivity index (χ0) is 54.1. The third kappa shape index (κ3) is 53.7. The van der Waals surface area contributed by atoms with E-state index < -0.39 is 57.8 Å². The number of carbonyl (C=O) groups is 3. The first-order chi connectivity index (χ1) is 36.2. The molecule has 0 saturated carbocycles. The number of rotatable bonds is 55. The van der Waals surface area contributed by atoms with E-state index in [1.54, 1.807) is 0 Å². The van der Waals surface area contributed by atoms with Gasteiger partial charge in [-0.1, -0.05) is 209 Å². The van der Waals surface area contributed by atoms with E-state index >= 15 is 0 Å². The number of hydrogen-bond acceptors (Lipinski definition) is 10. The number of carbonyl (C=O) groups excluding carboxylic acids is 3. The maximum atomic E-state index is 12.9. The summed E-state index contributed by atoms with van der Waals surface area (Å²) < 4.78 is 39.5. The fraction of sp³-hybridized carbons (Fsp3) is 0.758. The van der Waals surface area contributed by atoms with E-state index in [0.717, 1.165) is 103 Å². The molecule has 0 heterocycles. The van der Waals surface area contributed by atoms with Gasteiger partial charge in [-0.15, -0.1) is 0 Å². The van der Waals surface area contributed by atoms with Crippen LogP contribution in [0.3, 0.4) is 0 Å². The molecule has 0 fully saturated rings. The number of aliphatic hydroxyl groups is 1. The second kappa shape index (κ2) is 56.1. The molecule has 74 heavy (non-hydrogen) atoms. The normalized spacial score (nSPS) is 13.9. The Morgan fingerprint density at radius 3 is 1.14 bits per heavy atom. The van der Waals surface area contributed by atoms with Crippen molar-refractivity contribution in [3.05, 3.63) is 72.9 Å². The van der Waals surface area contributed by atoms with Gasteiger partial charge in [-0.3, -0.25) is 23.4 Å². The van der Waals surface area contributed by atoms with Crippen LogP contribution in [0.5, 0.6) is 0 Å². The minimum atomic E-state index is -4.76.